The Bertz CT molecular complexity index is 844. The van der Waals surface area contributed by atoms with Crippen molar-refractivity contribution < 1.29 is 9.90 Å². The lowest BCUT2D eigenvalue weighted by atomic mass is 9.79. The monoisotopic (exact) mass is 374 g/mol. The Morgan fingerprint density at radius 3 is 2.65 bits per heavy atom. The molecule has 2 aliphatic rings. The van der Waals surface area contributed by atoms with Crippen LogP contribution >= 0.6 is 11.3 Å². The number of anilines is 1. The van der Waals surface area contributed by atoms with Crippen molar-refractivity contribution in [2.75, 3.05) is 25.5 Å². The number of aromatic nitrogens is 2. The molecule has 1 saturated heterocycles. The highest BCUT2D eigenvalue weighted by Crippen LogP contribution is 2.42. The van der Waals surface area contributed by atoms with Crippen LogP contribution in [0.15, 0.2) is 0 Å². The molecule has 7 heteroatoms. The average molecular weight is 375 g/mol. The summed E-state index contributed by atoms with van der Waals surface area (Å²) in [4.78, 5) is 27.0. The number of thiophene rings is 1. The zero-order valence-electron chi connectivity index (χ0n) is 15.7. The zero-order valence-corrected chi connectivity index (χ0v) is 16.5. The van der Waals surface area contributed by atoms with Crippen molar-refractivity contribution in [3.05, 3.63) is 16.3 Å². The molecule has 6 nitrogen and oxygen atoms in total. The first-order valence-corrected chi connectivity index (χ1v) is 10.2. The fraction of sp³-hybridized carbons (Fsp3) is 0.632. The molecule has 0 radical (unpaired) electrons. The van der Waals surface area contributed by atoms with E-state index in [1.165, 1.54) is 43.4 Å². The third kappa shape index (κ3) is 2.97. The van der Waals surface area contributed by atoms with Gasteiger partial charge in [0.2, 0.25) is 0 Å². The van der Waals surface area contributed by atoms with Gasteiger partial charge in [-0.05, 0) is 58.2 Å². The molecule has 26 heavy (non-hydrogen) atoms. The quantitative estimate of drug-likeness (QED) is 0.863. The van der Waals surface area contributed by atoms with Gasteiger partial charge in [0.25, 0.3) is 0 Å². The lowest BCUT2D eigenvalue weighted by Gasteiger charge is -2.38. The molecular weight excluding hydrogens is 348 g/mol. The highest BCUT2D eigenvalue weighted by molar-refractivity contribution is 7.20. The van der Waals surface area contributed by atoms with Gasteiger partial charge in [-0.3, -0.25) is 0 Å². The van der Waals surface area contributed by atoms with Crippen molar-refractivity contribution in [1.29, 1.82) is 0 Å². The largest absolute Gasteiger partial charge is 0.477 e. The molecule has 1 aliphatic carbocycles. The number of carboxylic acids is 1. The summed E-state index contributed by atoms with van der Waals surface area (Å²) in [5.41, 5.74) is 0.808. The SMILES string of the molecule is Cc1c(C(=O)O)sc2nc(CN(C)C)nc(N3CCCC3C3CCC3)c12. The molecular formula is C19H26N4O2S. The van der Waals surface area contributed by atoms with Crippen molar-refractivity contribution in [1.82, 2.24) is 14.9 Å². The van der Waals surface area contributed by atoms with E-state index in [2.05, 4.69) is 9.80 Å². The predicted molar refractivity (Wildman–Crippen MR) is 104 cm³/mol. The van der Waals surface area contributed by atoms with Crippen molar-refractivity contribution in [3.8, 4) is 0 Å². The van der Waals surface area contributed by atoms with E-state index in [1.807, 2.05) is 21.0 Å². The van der Waals surface area contributed by atoms with Crippen molar-refractivity contribution in [3.63, 3.8) is 0 Å². The summed E-state index contributed by atoms with van der Waals surface area (Å²) in [6, 6.07) is 0.543. The summed E-state index contributed by atoms with van der Waals surface area (Å²) < 4.78 is 0. The van der Waals surface area contributed by atoms with Crippen LogP contribution in [0.4, 0.5) is 5.82 Å². The summed E-state index contributed by atoms with van der Waals surface area (Å²) in [6.45, 7) is 3.56. The molecule has 1 unspecified atom stereocenters. The van der Waals surface area contributed by atoms with E-state index in [-0.39, 0.29) is 0 Å². The molecule has 1 aliphatic heterocycles. The first-order valence-electron chi connectivity index (χ1n) is 9.40. The number of hydrogen-bond donors (Lipinski definition) is 1. The molecule has 2 fully saturated rings. The average Bonchev–Trinajstić information content (AvgIpc) is 3.09. The highest BCUT2D eigenvalue weighted by Gasteiger charge is 2.37. The lowest BCUT2D eigenvalue weighted by Crippen LogP contribution is -2.39. The minimum absolute atomic E-state index is 0.386. The van der Waals surface area contributed by atoms with E-state index in [4.69, 9.17) is 9.97 Å². The minimum atomic E-state index is -0.873. The van der Waals surface area contributed by atoms with E-state index in [9.17, 15) is 9.90 Å². The van der Waals surface area contributed by atoms with Gasteiger partial charge in [-0.25, -0.2) is 14.8 Å². The second kappa shape index (κ2) is 6.78. The molecule has 0 spiro atoms. The van der Waals surface area contributed by atoms with Gasteiger partial charge < -0.3 is 14.9 Å². The Morgan fingerprint density at radius 2 is 2.04 bits per heavy atom. The van der Waals surface area contributed by atoms with Crippen molar-refractivity contribution in [2.24, 2.45) is 5.92 Å². The van der Waals surface area contributed by atoms with Gasteiger partial charge in [-0.2, -0.15) is 0 Å². The first kappa shape index (κ1) is 17.7. The van der Waals surface area contributed by atoms with Crippen LogP contribution in [0.3, 0.4) is 0 Å². The van der Waals surface area contributed by atoms with Gasteiger partial charge in [-0.15, -0.1) is 11.3 Å². The second-order valence-corrected chi connectivity index (χ2v) is 8.84. The summed E-state index contributed by atoms with van der Waals surface area (Å²) in [5, 5.41) is 10.5. The third-order valence-corrected chi connectivity index (χ3v) is 6.91. The van der Waals surface area contributed by atoms with Crippen LogP contribution in [0.25, 0.3) is 10.2 Å². The van der Waals surface area contributed by atoms with E-state index in [0.717, 1.165) is 39.9 Å². The molecule has 2 aromatic rings. The van der Waals surface area contributed by atoms with Gasteiger partial charge in [0, 0.05) is 12.6 Å². The van der Waals surface area contributed by atoms with Gasteiger partial charge in [0.05, 0.1) is 11.9 Å². The molecule has 2 aromatic heterocycles. The van der Waals surface area contributed by atoms with Crippen LogP contribution in [-0.2, 0) is 6.54 Å². The van der Waals surface area contributed by atoms with Gasteiger partial charge in [0.15, 0.2) is 0 Å². The minimum Gasteiger partial charge on any atom is -0.477 e. The Morgan fingerprint density at radius 1 is 1.27 bits per heavy atom. The number of carboxylic acid groups (broad SMARTS) is 1. The first-order chi connectivity index (χ1) is 12.5. The van der Waals surface area contributed by atoms with Crippen LogP contribution < -0.4 is 4.90 Å². The lowest BCUT2D eigenvalue weighted by molar-refractivity contribution is 0.0701. The van der Waals surface area contributed by atoms with Crippen LogP contribution in [0.2, 0.25) is 0 Å². The van der Waals surface area contributed by atoms with Gasteiger partial charge in [0.1, 0.15) is 21.3 Å². The number of hydrogen-bond acceptors (Lipinski definition) is 6. The molecule has 4 rings (SSSR count). The summed E-state index contributed by atoms with van der Waals surface area (Å²) in [6.07, 6.45) is 6.35. The Labute approximate surface area is 157 Å². The number of nitrogens with zero attached hydrogens (tertiary/aromatic N) is 4. The highest BCUT2D eigenvalue weighted by atomic mass is 32.1. The summed E-state index contributed by atoms with van der Waals surface area (Å²) in [5.74, 6) is 1.62. The smallest absolute Gasteiger partial charge is 0.346 e. The van der Waals surface area contributed by atoms with E-state index >= 15 is 0 Å². The Balaban J connectivity index is 1.86. The number of fused-ring (bicyclic) bond motifs is 1. The fourth-order valence-corrected chi connectivity index (χ4v) is 5.33. The zero-order chi connectivity index (χ0) is 18.4. The number of aryl methyl sites for hydroxylation is 1. The van der Waals surface area contributed by atoms with Crippen LogP contribution in [0, 0.1) is 12.8 Å². The Hall–Kier alpha value is -1.73. The van der Waals surface area contributed by atoms with Crippen LogP contribution in [0.1, 0.15) is 53.2 Å². The number of aromatic carboxylic acids is 1. The predicted octanol–water partition coefficient (Wildman–Crippen LogP) is 3.53. The normalized spacial score (nSPS) is 20.9. The van der Waals surface area contributed by atoms with Gasteiger partial charge >= 0.3 is 5.97 Å². The van der Waals surface area contributed by atoms with Crippen molar-refractivity contribution >= 4 is 33.3 Å². The molecule has 1 N–H and O–H groups in total. The molecule has 0 aromatic carbocycles. The maximum atomic E-state index is 11.7. The molecule has 140 valence electrons. The standard InChI is InChI=1S/C19H26N4O2S/c1-11-15-17(23-9-5-8-13(23)12-6-4-7-12)20-14(10-22(2)3)21-18(15)26-16(11)19(24)25/h12-13H,4-10H2,1-3H3,(H,24,25). The summed E-state index contributed by atoms with van der Waals surface area (Å²) >= 11 is 1.28. The van der Waals surface area contributed by atoms with E-state index in [1.54, 1.807) is 0 Å². The van der Waals surface area contributed by atoms with E-state index < -0.39 is 5.97 Å². The molecule has 0 bridgehead atoms. The van der Waals surface area contributed by atoms with E-state index in [0.29, 0.717) is 17.5 Å². The second-order valence-electron chi connectivity index (χ2n) is 7.84. The van der Waals surface area contributed by atoms with Crippen LogP contribution in [0.5, 0.6) is 0 Å². The molecule has 0 amide bonds. The summed E-state index contributed by atoms with van der Waals surface area (Å²) in [7, 11) is 4.01. The maximum Gasteiger partial charge on any atom is 0.346 e. The number of carbonyl (C=O) groups is 1. The molecule has 1 saturated carbocycles. The maximum absolute atomic E-state index is 11.7. The van der Waals surface area contributed by atoms with Crippen LogP contribution in [-0.4, -0.2) is 52.6 Å². The molecule has 1 atom stereocenters. The molecule has 3 heterocycles. The number of rotatable bonds is 5. The topological polar surface area (TPSA) is 69.6 Å². The van der Waals surface area contributed by atoms with Crippen molar-refractivity contribution in [2.45, 2.75) is 51.6 Å². The Kier molecular flexibility index (Phi) is 4.61. The third-order valence-electron chi connectivity index (χ3n) is 5.73. The van der Waals surface area contributed by atoms with Gasteiger partial charge in [-0.1, -0.05) is 6.42 Å². The fourth-order valence-electron chi connectivity index (χ4n) is 4.30.